The summed E-state index contributed by atoms with van der Waals surface area (Å²) in [4.78, 5) is 0. The van der Waals surface area contributed by atoms with E-state index in [1.807, 2.05) is 0 Å². The lowest BCUT2D eigenvalue weighted by molar-refractivity contribution is -0.168. The summed E-state index contributed by atoms with van der Waals surface area (Å²) in [6.07, 6.45) is -4.10. The van der Waals surface area contributed by atoms with E-state index in [9.17, 15) is 13.2 Å². The van der Waals surface area contributed by atoms with E-state index in [1.165, 1.54) is 0 Å². The van der Waals surface area contributed by atoms with Crippen molar-refractivity contribution < 1.29 is 13.2 Å². The van der Waals surface area contributed by atoms with Crippen LogP contribution in [0.3, 0.4) is 0 Å². The van der Waals surface area contributed by atoms with Crippen LogP contribution in [0.2, 0.25) is 0 Å². The maximum atomic E-state index is 11.8. The minimum Gasteiger partial charge on any atom is -0.301 e. The fraction of sp³-hybridized carbons (Fsp3) is 1.00. The second-order valence-electron chi connectivity index (χ2n) is 2.35. The molecule has 1 aliphatic rings. The Morgan fingerprint density at radius 1 is 1.40 bits per heavy atom. The van der Waals surface area contributed by atoms with Crippen LogP contribution in [0.1, 0.15) is 6.42 Å². The highest BCUT2D eigenvalue weighted by Gasteiger charge is 2.43. The lowest BCUT2D eigenvalue weighted by Crippen LogP contribution is -2.24. The number of rotatable bonds is 0. The van der Waals surface area contributed by atoms with Crippen molar-refractivity contribution in [3.8, 4) is 0 Å². The molecule has 1 heterocycles. The van der Waals surface area contributed by atoms with Gasteiger partial charge in [-0.25, -0.2) is 0 Å². The Balaban J connectivity index is 2.45. The Labute approximate surface area is 61.5 Å². The highest BCUT2D eigenvalue weighted by molar-refractivity contribution is 6.20. The lowest BCUT2D eigenvalue weighted by atomic mass is 10.1. The van der Waals surface area contributed by atoms with Crippen LogP contribution in [0.4, 0.5) is 13.2 Å². The van der Waals surface area contributed by atoms with Crippen molar-refractivity contribution in [2.45, 2.75) is 18.1 Å². The van der Waals surface area contributed by atoms with E-state index in [-0.39, 0.29) is 13.0 Å². The van der Waals surface area contributed by atoms with E-state index in [0.717, 1.165) is 0 Å². The Morgan fingerprint density at radius 2 is 2.00 bits per heavy atom. The van der Waals surface area contributed by atoms with Gasteiger partial charge in [-0.05, 0) is 6.42 Å². The van der Waals surface area contributed by atoms with Crippen LogP contribution in [0, 0.1) is 5.92 Å². The average molecular weight is 174 g/mol. The van der Waals surface area contributed by atoms with Gasteiger partial charge in [-0.1, -0.05) is 0 Å². The van der Waals surface area contributed by atoms with Crippen LogP contribution in [0.5, 0.6) is 0 Å². The molecule has 2 atom stereocenters. The minimum atomic E-state index is -4.09. The fourth-order valence-electron chi connectivity index (χ4n) is 0.936. The molecule has 0 amide bonds. The molecule has 0 bridgehead atoms. The number of halogens is 4. The zero-order valence-electron chi connectivity index (χ0n) is 5.08. The topological polar surface area (TPSA) is 12.0 Å². The van der Waals surface area contributed by atoms with Crippen LogP contribution in [0.15, 0.2) is 0 Å². The zero-order valence-corrected chi connectivity index (χ0v) is 5.84. The van der Waals surface area contributed by atoms with Crippen molar-refractivity contribution >= 4 is 11.6 Å². The maximum Gasteiger partial charge on any atom is 0.393 e. The monoisotopic (exact) mass is 173 g/mol. The SMILES string of the molecule is FC(F)(F)C1CNC(Cl)C1. The van der Waals surface area contributed by atoms with Gasteiger partial charge in [0.25, 0.3) is 0 Å². The lowest BCUT2D eigenvalue weighted by Gasteiger charge is -2.11. The number of hydrogen-bond acceptors (Lipinski definition) is 1. The predicted molar refractivity (Wildman–Crippen MR) is 31.8 cm³/mol. The van der Waals surface area contributed by atoms with E-state index < -0.39 is 17.6 Å². The van der Waals surface area contributed by atoms with E-state index in [4.69, 9.17) is 11.6 Å². The van der Waals surface area contributed by atoms with Gasteiger partial charge in [-0.3, -0.25) is 0 Å². The predicted octanol–water partition coefficient (Wildman–Crippen LogP) is 1.72. The third-order valence-electron chi connectivity index (χ3n) is 1.54. The largest absolute Gasteiger partial charge is 0.393 e. The first-order valence-electron chi connectivity index (χ1n) is 2.94. The number of nitrogens with one attached hydrogen (secondary N) is 1. The first kappa shape index (κ1) is 8.14. The summed E-state index contributed by atoms with van der Waals surface area (Å²) in [7, 11) is 0. The summed E-state index contributed by atoms with van der Waals surface area (Å²) in [6.45, 7) is -0.0440. The Morgan fingerprint density at radius 3 is 2.20 bits per heavy atom. The molecule has 1 rings (SSSR count). The number of alkyl halides is 4. The van der Waals surface area contributed by atoms with Crippen molar-refractivity contribution in [2.24, 2.45) is 5.92 Å². The first-order valence-corrected chi connectivity index (χ1v) is 3.38. The second-order valence-corrected chi connectivity index (χ2v) is 2.88. The van der Waals surface area contributed by atoms with E-state index in [0.29, 0.717) is 0 Å². The zero-order chi connectivity index (χ0) is 7.78. The third kappa shape index (κ3) is 1.76. The molecule has 0 saturated carbocycles. The molecule has 0 aromatic rings. The number of hydrogen-bond donors (Lipinski definition) is 1. The van der Waals surface area contributed by atoms with Crippen molar-refractivity contribution in [1.29, 1.82) is 0 Å². The highest BCUT2D eigenvalue weighted by Crippen LogP contribution is 2.33. The van der Waals surface area contributed by atoms with Gasteiger partial charge in [0.15, 0.2) is 0 Å². The van der Waals surface area contributed by atoms with Crippen LogP contribution in [-0.4, -0.2) is 18.2 Å². The molecule has 0 spiro atoms. The van der Waals surface area contributed by atoms with Crippen LogP contribution < -0.4 is 5.32 Å². The minimum absolute atomic E-state index is 0.00887. The summed E-state index contributed by atoms with van der Waals surface area (Å²) >= 11 is 5.40. The summed E-state index contributed by atoms with van der Waals surface area (Å²) in [5.74, 6) is -1.25. The first-order chi connectivity index (χ1) is 4.50. The van der Waals surface area contributed by atoms with Crippen molar-refractivity contribution in [1.82, 2.24) is 5.32 Å². The Kier molecular flexibility index (Phi) is 2.10. The van der Waals surface area contributed by atoms with Crippen LogP contribution in [0.25, 0.3) is 0 Å². The van der Waals surface area contributed by atoms with E-state index >= 15 is 0 Å². The fourth-order valence-corrected chi connectivity index (χ4v) is 1.24. The van der Waals surface area contributed by atoms with Crippen molar-refractivity contribution in [3.05, 3.63) is 0 Å². The quantitative estimate of drug-likeness (QED) is 0.435. The molecule has 2 unspecified atom stereocenters. The molecule has 5 heteroatoms. The smallest absolute Gasteiger partial charge is 0.301 e. The molecular weight excluding hydrogens is 167 g/mol. The molecule has 10 heavy (non-hydrogen) atoms. The molecule has 0 aromatic heterocycles. The van der Waals surface area contributed by atoms with E-state index in [2.05, 4.69) is 5.32 Å². The highest BCUT2D eigenvalue weighted by atomic mass is 35.5. The normalized spacial score (nSPS) is 34.8. The van der Waals surface area contributed by atoms with Gasteiger partial charge in [-0.2, -0.15) is 13.2 Å². The third-order valence-corrected chi connectivity index (χ3v) is 1.87. The molecule has 1 N–H and O–H groups in total. The van der Waals surface area contributed by atoms with Crippen LogP contribution >= 0.6 is 11.6 Å². The molecular formula is C5H7ClF3N. The van der Waals surface area contributed by atoms with E-state index in [1.54, 1.807) is 0 Å². The molecule has 1 aliphatic heterocycles. The molecule has 0 aliphatic carbocycles. The Hall–Kier alpha value is 0.0400. The average Bonchev–Trinajstić information content (AvgIpc) is 2.11. The van der Waals surface area contributed by atoms with Crippen LogP contribution in [-0.2, 0) is 0 Å². The summed E-state index contributed by atoms with van der Waals surface area (Å²) in [5, 5.41) is 2.52. The van der Waals surface area contributed by atoms with Crippen molar-refractivity contribution in [2.75, 3.05) is 6.54 Å². The molecule has 0 aromatic carbocycles. The molecule has 1 saturated heterocycles. The second kappa shape index (κ2) is 2.58. The maximum absolute atomic E-state index is 11.8. The van der Waals surface area contributed by atoms with Gasteiger partial charge in [0.2, 0.25) is 0 Å². The molecule has 1 fully saturated rings. The van der Waals surface area contributed by atoms with Crippen molar-refractivity contribution in [3.63, 3.8) is 0 Å². The van der Waals surface area contributed by atoms with Gasteiger partial charge in [0.05, 0.1) is 11.4 Å². The van der Waals surface area contributed by atoms with Gasteiger partial charge < -0.3 is 5.32 Å². The summed E-state index contributed by atoms with van der Waals surface area (Å²) < 4.78 is 35.5. The summed E-state index contributed by atoms with van der Waals surface area (Å²) in [6, 6.07) is 0. The summed E-state index contributed by atoms with van der Waals surface area (Å²) in [5.41, 5.74) is -0.508. The molecule has 1 nitrogen and oxygen atoms in total. The Bertz CT molecular complexity index is 125. The van der Waals surface area contributed by atoms with Gasteiger partial charge in [0, 0.05) is 6.54 Å². The molecule has 0 radical (unpaired) electrons. The molecule has 60 valence electrons. The standard InChI is InChI=1S/C5H7ClF3N/c6-4-1-3(2-10-4)5(7,8)9/h3-4,10H,1-2H2. The van der Waals surface area contributed by atoms with Gasteiger partial charge >= 0.3 is 6.18 Å². The van der Waals surface area contributed by atoms with Gasteiger partial charge in [0.1, 0.15) is 0 Å². The van der Waals surface area contributed by atoms with Gasteiger partial charge in [-0.15, -0.1) is 11.6 Å².